The van der Waals surface area contributed by atoms with E-state index in [1.807, 2.05) is 0 Å². The summed E-state index contributed by atoms with van der Waals surface area (Å²) in [5, 5.41) is 9.35. The Balaban J connectivity index is 1.95. The Morgan fingerprint density at radius 3 is 3.00 bits per heavy atom. The molecule has 0 aromatic carbocycles. The Hall–Kier alpha value is -0.800. The normalized spacial score (nSPS) is 24.0. The number of aliphatic hydroxyl groups is 1. The van der Waals surface area contributed by atoms with Gasteiger partial charge in [-0.05, 0) is 18.6 Å². The van der Waals surface area contributed by atoms with Crippen molar-refractivity contribution in [2.75, 3.05) is 13.1 Å². The summed E-state index contributed by atoms with van der Waals surface area (Å²) in [6.07, 6.45) is 2.87. The highest BCUT2D eigenvalue weighted by Crippen LogP contribution is 2.12. The first-order valence-corrected chi connectivity index (χ1v) is 4.76. The third-order valence-corrected chi connectivity index (χ3v) is 2.68. The monoisotopic (exact) mass is 180 g/mol. The van der Waals surface area contributed by atoms with Crippen LogP contribution in [-0.4, -0.2) is 33.8 Å². The van der Waals surface area contributed by atoms with Crippen LogP contribution in [0.5, 0.6) is 0 Å². The van der Waals surface area contributed by atoms with E-state index >= 15 is 0 Å². The third kappa shape index (κ3) is 1.92. The molecule has 1 aromatic rings. The smallest absolute Gasteiger partial charge is 0.0679 e. The predicted molar refractivity (Wildman–Crippen MR) is 51.3 cm³/mol. The molecule has 1 aliphatic heterocycles. The van der Waals surface area contributed by atoms with E-state index in [0.29, 0.717) is 0 Å². The molecule has 0 spiro atoms. The minimum atomic E-state index is -0.111. The molecule has 1 atom stereocenters. The van der Waals surface area contributed by atoms with Crippen molar-refractivity contribution in [1.29, 1.82) is 0 Å². The van der Waals surface area contributed by atoms with Crippen LogP contribution in [0, 0.1) is 0 Å². The van der Waals surface area contributed by atoms with Gasteiger partial charge in [-0.1, -0.05) is 0 Å². The third-order valence-electron chi connectivity index (χ3n) is 2.68. The summed E-state index contributed by atoms with van der Waals surface area (Å²) in [7, 11) is 2.06. The van der Waals surface area contributed by atoms with E-state index in [9.17, 15) is 5.11 Å². The van der Waals surface area contributed by atoms with Gasteiger partial charge in [-0.2, -0.15) is 0 Å². The van der Waals surface area contributed by atoms with E-state index in [2.05, 4.69) is 34.8 Å². The number of β-amino-alcohol motifs (C(OH)–C–C–N with tert-alkyl or cyclic N) is 1. The number of hydrogen-bond donors (Lipinski definition) is 1. The number of rotatable bonds is 2. The molecule has 3 nitrogen and oxygen atoms in total. The standard InChI is InChI=1S/C10H16N2O/c1-11-5-2-3-9(11)7-12-6-4-10(13)8-12/h2-3,5,10,13H,4,6-8H2,1H3/t10-/m0/s1. The van der Waals surface area contributed by atoms with Crippen LogP contribution in [0.15, 0.2) is 18.3 Å². The second-order valence-electron chi connectivity index (χ2n) is 3.79. The fourth-order valence-corrected chi connectivity index (χ4v) is 1.85. The van der Waals surface area contributed by atoms with Crippen molar-refractivity contribution < 1.29 is 5.11 Å². The number of aliphatic hydroxyl groups excluding tert-OH is 1. The highest BCUT2D eigenvalue weighted by molar-refractivity contribution is 5.06. The Bertz CT molecular complexity index is 282. The lowest BCUT2D eigenvalue weighted by Gasteiger charge is -2.15. The van der Waals surface area contributed by atoms with Crippen LogP contribution < -0.4 is 0 Å². The predicted octanol–water partition coefficient (Wildman–Crippen LogP) is 0.592. The molecule has 1 aliphatic rings. The van der Waals surface area contributed by atoms with Gasteiger partial charge in [-0.3, -0.25) is 4.90 Å². The van der Waals surface area contributed by atoms with Crippen LogP contribution in [0.2, 0.25) is 0 Å². The molecule has 0 saturated carbocycles. The number of hydrogen-bond acceptors (Lipinski definition) is 2. The lowest BCUT2D eigenvalue weighted by molar-refractivity contribution is 0.174. The SMILES string of the molecule is Cn1cccc1CN1CC[C@H](O)C1. The summed E-state index contributed by atoms with van der Waals surface area (Å²) >= 11 is 0. The Morgan fingerprint density at radius 1 is 1.62 bits per heavy atom. The van der Waals surface area contributed by atoms with Crippen molar-refractivity contribution in [3.63, 3.8) is 0 Å². The summed E-state index contributed by atoms with van der Waals surface area (Å²) < 4.78 is 2.13. The average molecular weight is 180 g/mol. The second-order valence-corrected chi connectivity index (χ2v) is 3.79. The number of likely N-dealkylation sites (tertiary alicyclic amines) is 1. The van der Waals surface area contributed by atoms with Crippen molar-refractivity contribution in [1.82, 2.24) is 9.47 Å². The molecule has 1 N–H and O–H groups in total. The van der Waals surface area contributed by atoms with Gasteiger partial charge >= 0.3 is 0 Å². The molecule has 0 bridgehead atoms. The van der Waals surface area contributed by atoms with Crippen LogP contribution in [0.25, 0.3) is 0 Å². The molecule has 1 aromatic heterocycles. The lowest BCUT2D eigenvalue weighted by Crippen LogP contribution is -2.22. The van der Waals surface area contributed by atoms with Crippen molar-refractivity contribution in [3.8, 4) is 0 Å². The van der Waals surface area contributed by atoms with Crippen LogP contribution in [0.3, 0.4) is 0 Å². The molecular formula is C10H16N2O. The van der Waals surface area contributed by atoms with Gasteiger partial charge in [0.05, 0.1) is 6.10 Å². The molecule has 2 heterocycles. The molecule has 0 aliphatic carbocycles. The van der Waals surface area contributed by atoms with Crippen molar-refractivity contribution in [3.05, 3.63) is 24.0 Å². The molecule has 13 heavy (non-hydrogen) atoms. The van der Waals surface area contributed by atoms with Gasteiger partial charge in [0.25, 0.3) is 0 Å². The Labute approximate surface area is 78.6 Å². The minimum absolute atomic E-state index is 0.111. The number of nitrogens with zero attached hydrogens (tertiary/aromatic N) is 2. The average Bonchev–Trinajstić information content (AvgIpc) is 2.64. The number of aryl methyl sites for hydroxylation is 1. The van der Waals surface area contributed by atoms with Gasteiger partial charge in [-0.25, -0.2) is 0 Å². The highest BCUT2D eigenvalue weighted by atomic mass is 16.3. The Kier molecular flexibility index (Phi) is 2.38. The molecule has 1 fully saturated rings. The van der Waals surface area contributed by atoms with Crippen LogP contribution in [0.4, 0.5) is 0 Å². The van der Waals surface area contributed by atoms with Gasteiger partial charge in [0.2, 0.25) is 0 Å². The lowest BCUT2D eigenvalue weighted by atomic mass is 10.3. The fraction of sp³-hybridized carbons (Fsp3) is 0.600. The molecule has 0 amide bonds. The van der Waals surface area contributed by atoms with Crippen LogP contribution in [0.1, 0.15) is 12.1 Å². The second kappa shape index (κ2) is 3.52. The van der Waals surface area contributed by atoms with Gasteiger partial charge in [0.1, 0.15) is 0 Å². The van der Waals surface area contributed by atoms with E-state index in [1.54, 1.807) is 0 Å². The highest BCUT2D eigenvalue weighted by Gasteiger charge is 2.20. The zero-order valence-corrected chi connectivity index (χ0v) is 7.98. The van der Waals surface area contributed by atoms with E-state index < -0.39 is 0 Å². The summed E-state index contributed by atoms with van der Waals surface area (Å²) in [6, 6.07) is 4.19. The van der Waals surface area contributed by atoms with Crippen molar-refractivity contribution in [2.45, 2.75) is 19.1 Å². The summed E-state index contributed by atoms with van der Waals surface area (Å²) in [4.78, 5) is 2.29. The first kappa shape index (κ1) is 8.78. The summed E-state index contributed by atoms with van der Waals surface area (Å²) in [6.45, 7) is 2.80. The van der Waals surface area contributed by atoms with Gasteiger partial charge in [0.15, 0.2) is 0 Å². The zero-order chi connectivity index (χ0) is 9.26. The largest absolute Gasteiger partial charge is 0.392 e. The molecule has 0 unspecified atom stereocenters. The van der Waals surface area contributed by atoms with Crippen LogP contribution >= 0.6 is 0 Å². The first-order chi connectivity index (χ1) is 6.25. The van der Waals surface area contributed by atoms with E-state index in [0.717, 1.165) is 26.1 Å². The molecule has 1 saturated heterocycles. The molecule has 72 valence electrons. The van der Waals surface area contributed by atoms with Crippen LogP contribution in [-0.2, 0) is 13.6 Å². The van der Waals surface area contributed by atoms with Gasteiger partial charge in [0, 0.05) is 38.6 Å². The molecular weight excluding hydrogens is 164 g/mol. The molecule has 3 heteroatoms. The van der Waals surface area contributed by atoms with Gasteiger partial charge < -0.3 is 9.67 Å². The Morgan fingerprint density at radius 2 is 2.46 bits per heavy atom. The molecule has 2 rings (SSSR count). The first-order valence-electron chi connectivity index (χ1n) is 4.76. The zero-order valence-electron chi connectivity index (χ0n) is 7.98. The molecule has 0 radical (unpaired) electrons. The van der Waals surface area contributed by atoms with E-state index in [4.69, 9.17) is 0 Å². The maximum Gasteiger partial charge on any atom is 0.0679 e. The van der Waals surface area contributed by atoms with E-state index in [1.165, 1.54) is 5.69 Å². The quantitative estimate of drug-likeness (QED) is 0.721. The maximum absolute atomic E-state index is 9.35. The van der Waals surface area contributed by atoms with E-state index in [-0.39, 0.29) is 6.10 Å². The van der Waals surface area contributed by atoms with Crippen molar-refractivity contribution >= 4 is 0 Å². The summed E-state index contributed by atoms with van der Waals surface area (Å²) in [5.41, 5.74) is 1.31. The van der Waals surface area contributed by atoms with Gasteiger partial charge in [-0.15, -0.1) is 0 Å². The summed E-state index contributed by atoms with van der Waals surface area (Å²) in [5.74, 6) is 0. The maximum atomic E-state index is 9.35. The number of aromatic nitrogens is 1. The minimum Gasteiger partial charge on any atom is -0.392 e. The topological polar surface area (TPSA) is 28.4 Å². The van der Waals surface area contributed by atoms with Crippen molar-refractivity contribution in [2.24, 2.45) is 7.05 Å². The fourth-order valence-electron chi connectivity index (χ4n) is 1.85.